The van der Waals surface area contributed by atoms with Crippen molar-refractivity contribution in [1.82, 2.24) is 0 Å². The third-order valence-electron chi connectivity index (χ3n) is 2.44. The van der Waals surface area contributed by atoms with Crippen LogP contribution >= 0.6 is 11.6 Å². The van der Waals surface area contributed by atoms with E-state index in [1.54, 1.807) is 13.2 Å². The molecule has 0 saturated heterocycles. The Morgan fingerprint density at radius 1 is 1.44 bits per heavy atom. The summed E-state index contributed by atoms with van der Waals surface area (Å²) < 4.78 is 11.0. The molecule has 0 amide bonds. The highest BCUT2D eigenvalue weighted by Gasteiger charge is 2.12. The van der Waals surface area contributed by atoms with Crippen LogP contribution in [0.1, 0.15) is 18.4 Å². The van der Waals surface area contributed by atoms with E-state index in [4.69, 9.17) is 33.2 Å². The standard InChI is InChI=1S/C14H18ClNO2/c1-3-4-5-8-18-14-11(6-7-16)9-12(15)10-13(14)17-2/h1,9-10H,4-8,16H2,2H3. The molecular weight excluding hydrogens is 250 g/mol. The first-order valence-electron chi connectivity index (χ1n) is 5.85. The van der Waals surface area contributed by atoms with Gasteiger partial charge in [0.05, 0.1) is 13.7 Å². The third-order valence-corrected chi connectivity index (χ3v) is 2.66. The van der Waals surface area contributed by atoms with E-state index in [9.17, 15) is 0 Å². The van der Waals surface area contributed by atoms with Crippen molar-refractivity contribution in [2.75, 3.05) is 20.3 Å². The molecule has 0 unspecified atom stereocenters. The average Bonchev–Trinajstić information content (AvgIpc) is 2.36. The largest absolute Gasteiger partial charge is 0.493 e. The molecule has 1 aromatic rings. The molecule has 0 saturated carbocycles. The minimum absolute atomic E-state index is 0.532. The molecule has 0 aliphatic carbocycles. The highest BCUT2D eigenvalue weighted by molar-refractivity contribution is 6.30. The summed E-state index contributed by atoms with van der Waals surface area (Å²) in [7, 11) is 1.59. The van der Waals surface area contributed by atoms with E-state index in [0.717, 1.165) is 12.0 Å². The van der Waals surface area contributed by atoms with E-state index in [0.29, 0.717) is 42.5 Å². The number of ether oxygens (including phenoxy) is 2. The summed E-state index contributed by atoms with van der Waals surface area (Å²) >= 11 is 6.02. The minimum Gasteiger partial charge on any atom is -0.493 e. The van der Waals surface area contributed by atoms with Gasteiger partial charge in [0.15, 0.2) is 11.5 Å². The second-order valence-electron chi connectivity index (χ2n) is 3.79. The smallest absolute Gasteiger partial charge is 0.164 e. The summed E-state index contributed by atoms with van der Waals surface area (Å²) in [4.78, 5) is 0. The monoisotopic (exact) mass is 267 g/mol. The van der Waals surface area contributed by atoms with Crippen LogP contribution in [0.4, 0.5) is 0 Å². The van der Waals surface area contributed by atoms with Gasteiger partial charge < -0.3 is 15.2 Å². The number of rotatable bonds is 7. The van der Waals surface area contributed by atoms with Crippen LogP contribution in [0.3, 0.4) is 0 Å². The molecule has 0 bridgehead atoms. The zero-order valence-electron chi connectivity index (χ0n) is 10.5. The first kappa shape index (κ1) is 14.7. The van der Waals surface area contributed by atoms with Crippen LogP contribution < -0.4 is 15.2 Å². The Labute approximate surface area is 113 Å². The van der Waals surface area contributed by atoms with Crippen LogP contribution in [0.15, 0.2) is 12.1 Å². The molecule has 0 fully saturated rings. The summed E-state index contributed by atoms with van der Waals surface area (Å²) in [6.07, 6.45) is 7.40. The number of hydrogen-bond acceptors (Lipinski definition) is 3. The zero-order valence-corrected chi connectivity index (χ0v) is 11.3. The molecule has 18 heavy (non-hydrogen) atoms. The fourth-order valence-corrected chi connectivity index (χ4v) is 1.86. The van der Waals surface area contributed by atoms with Crippen LogP contribution in [0.2, 0.25) is 5.02 Å². The van der Waals surface area contributed by atoms with E-state index >= 15 is 0 Å². The van der Waals surface area contributed by atoms with Crippen LogP contribution in [0.25, 0.3) is 0 Å². The molecule has 0 radical (unpaired) electrons. The van der Waals surface area contributed by atoms with Gasteiger partial charge >= 0.3 is 0 Å². The maximum Gasteiger partial charge on any atom is 0.164 e. The van der Waals surface area contributed by atoms with E-state index in [1.807, 2.05) is 6.07 Å². The number of nitrogens with two attached hydrogens (primary N) is 1. The summed E-state index contributed by atoms with van der Waals surface area (Å²) in [5.74, 6) is 3.92. The maximum absolute atomic E-state index is 6.02. The lowest BCUT2D eigenvalue weighted by atomic mass is 10.1. The molecule has 0 aliphatic heterocycles. The average molecular weight is 268 g/mol. The molecule has 0 aromatic heterocycles. The number of benzene rings is 1. The van der Waals surface area contributed by atoms with Crippen LogP contribution in [-0.2, 0) is 6.42 Å². The maximum atomic E-state index is 6.02. The van der Waals surface area contributed by atoms with Crippen molar-refractivity contribution in [3.8, 4) is 23.8 Å². The van der Waals surface area contributed by atoms with Crippen molar-refractivity contribution in [1.29, 1.82) is 0 Å². The van der Waals surface area contributed by atoms with E-state index in [2.05, 4.69) is 5.92 Å². The lowest BCUT2D eigenvalue weighted by molar-refractivity contribution is 0.288. The van der Waals surface area contributed by atoms with E-state index < -0.39 is 0 Å². The Bertz CT molecular complexity index is 427. The van der Waals surface area contributed by atoms with Gasteiger partial charge in [0, 0.05) is 23.1 Å². The van der Waals surface area contributed by atoms with Gasteiger partial charge in [0.25, 0.3) is 0 Å². The predicted molar refractivity (Wildman–Crippen MR) is 74.3 cm³/mol. The minimum atomic E-state index is 0.532. The Kier molecular flexibility index (Phi) is 6.42. The van der Waals surface area contributed by atoms with Crippen molar-refractivity contribution in [2.24, 2.45) is 5.73 Å². The first-order chi connectivity index (χ1) is 8.72. The number of methoxy groups -OCH3 is 1. The summed E-state index contributed by atoms with van der Waals surface area (Å²) in [6, 6.07) is 3.59. The van der Waals surface area contributed by atoms with Crippen molar-refractivity contribution >= 4 is 11.6 Å². The van der Waals surface area contributed by atoms with Gasteiger partial charge in [-0.15, -0.1) is 12.3 Å². The van der Waals surface area contributed by atoms with Crippen LogP contribution in [-0.4, -0.2) is 20.3 Å². The molecule has 0 heterocycles. The summed E-state index contributed by atoms with van der Waals surface area (Å²) in [6.45, 7) is 1.09. The lowest BCUT2D eigenvalue weighted by Crippen LogP contribution is -2.07. The normalized spacial score (nSPS) is 9.89. The van der Waals surface area contributed by atoms with E-state index in [-0.39, 0.29) is 0 Å². The predicted octanol–water partition coefficient (Wildman–Crippen LogP) is 2.64. The molecule has 0 spiro atoms. The Morgan fingerprint density at radius 3 is 2.83 bits per heavy atom. The fraction of sp³-hybridized carbons (Fsp3) is 0.429. The van der Waals surface area contributed by atoms with E-state index in [1.165, 1.54) is 0 Å². The van der Waals surface area contributed by atoms with Crippen molar-refractivity contribution in [3.63, 3.8) is 0 Å². The summed E-state index contributed by atoms with van der Waals surface area (Å²) in [5, 5.41) is 0.617. The van der Waals surface area contributed by atoms with Crippen LogP contribution in [0.5, 0.6) is 11.5 Å². The topological polar surface area (TPSA) is 44.5 Å². The van der Waals surface area contributed by atoms with Gasteiger partial charge in [-0.3, -0.25) is 0 Å². The number of terminal acetylenes is 1. The highest BCUT2D eigenvalue weighted by atomic mass is 35.5. The molecule has 0 aliphatic rings. The second-order valence-corrected chi connectivity index (χ2v) is 4.23. The molecule has 3 nitrogen and oxygen atoms in total. The third kappa shape index (κ3) is 4.14. The zero-order chi connectivity index (χ0) is 13.4. The van der Waals surface area contributed by atoms with Gasteiger partial charge in [0.2, 0.25) is 0 Å². The highest BCUT2D eigenvalue weighted by Crippen LogP contribution is 2.35. The number of halogens is 1. The molecule has 2 N–H and O–H groups in total. The SMILES string of the molecule is C#CCCCOc1c(CCN)cc(Cl)cc1OC. The molecule has 4 heteroatoms. The first-order valence-corrected chi connectivity index (χ1v) is 6.23. The molecule has 1 aromatic carbocycles. The fourth-order valence-electron chi connectivity index (χ4n) is 1.63. The van der Waals surface area contributed by atoms with Gasteiger partial charge in [-0.05, 0) is 25.5 Å². The van der Waals surface area contributed by atoms with Crippen molar-refractivity contribution in [2.45, 2.75) is 19.3 Å². The van der Waals surface area contributed by atoms with Gasteiger partial charge in [-0.25, -0.2) is 0 Å². The number of hydrogen-bond donors (Lipinski definition) is 1. The second kappa shape index (κ2) is 7.86. The Balaban J connectivity index is 2.87. The molecule has 98 valence electrons. The quantitative estimate of drug-likeness (QED) is 0.610. The Hall–Kier alpha value is -1.37. The van der Waals surface area contributed by atoms with Gasteiger partial charge in [0.1, 0.15) is 0 Å². The van der Waals surface area contributed by atoms with Crippen molar-refractivity contribution < 1.29 is 9.47 Å². The molecular formula is C14H18ClNO2. The van der Waals surface area contributed by atoms with Crippen LogP contribution in [0, 0.1) is 12.3 Å². The van der Waals surface area contributed by atoms with Gasteiger partial charge in [-0.2, -0.15) is 0 Å². The summed E-state index contributed by atoms with van der Waals surface area (Å²) in [5.41, 5.74) is 6.54. The van der Waals surface area contributed by atoms with Gasteiger partial charge in [-0.1, -0.05) is 11.6 Å². The molecule has 0 atom stereocenters. The molecule has 1 rings (SSSR count). The number of unbranched alkanes of at least 4 members (excludes halogenated alkanes) is 1. The lowest BCUT2D eigenvalue weighted by Gasteiger charge is -2.15. The van der Waals surface area contributed by atoms with Crippen molar-refractivity contribution in [3.05, 3.63) is 22.7 Å². The Morgan fingerprint density at radius 2 is 2.22 bits per heavy atom.